The van der Waals surface area contributed by atoms with Crippen LogP contribution in [0.5, 0.6) is 0 Å². The quantitative estimate of drug-likeness (QED) is 0.666. The lowest BCUT2D eigenvalue weighted by atomic mass is 10.1. The molecule has 0 N–H and O–H groups in total. The first-order valence-electron chi connectivity index (χ1n) is 8.70. The predicted molar refractivity (Wildman–Crippen MR) is 99.0 cm³/mol. The van der Waals surface area contributed by atoms with Crippen molar-refractivity contribution >= 4 is 23.5 Å². The summed E-state index contributed by atoms with van der Waals surface area (Å²) in [5.74, 6) is 2.37. The molecule has 130 valence electrons. The Morgan fingerprint density at radius 2 is 1.96 bits per heavy atom. The van der Waals surface area contributed by atoms with Crippen molar-refractivity contribution < 1.29 is 0 Å². The van der Waals surface area contributed by atoms with Crippen LogP contribution in [0.1, 0.15) is 31.9 Å². The Hall–Kier alpha value is -2.22. The molecule has 3 aromatic heterocycles. The van der Waals surface area contributed by atoms with E-state index in [1.165, 1.54) is 19.3 Å². The Bertz CT molecular complexity index is 886. The molecule has 1 saturated heterocycles. The highest BCUT2D eigenvalue weighted by molar-refractivity contribution is 7.99. The van der Waals surface area contributed by atoms with Gasteiger partial charge in [-0.05, 0) is 38.0 Å². The van der Waals surface area contributed by atoms with Gasteiger partial charge in [0.2, 0.25) is 11.1 Å². The fourth-order valence-electron chi connectivity index (χ4n) is 3.11. The third kappa shape index (κ3) is 3.18. The smallest absolute Gasteiger partial charge is 0.253 e. The summed E-state index contributed by atoms with van der Waals surface area (Å²) < 4.78 is 1.80. The van der Waals surface area contributed by atoms with Crippen molar-refractivity contribution in [1.29, 1.82) is 0 Å². The van der Waals surface area contributed by atoms with Crippen LogP contribution in [0, 0.1) is 6.92 Å². The molecule has 0 spiro atoms. The number of thioether (sulfide) groups is 1. The molecule has 0 bridgehead atoms. The monoisotopic (exact) mass is 355 g/mol. The lowest BCUT2D eigenvalue weighted by Crippen LogP contribution is -2.31. The van der Waals surface area contributed by atoms with Crippen molar-refractivity contribution in [2.24, 2.45) is 0 Å². The average molecular weight is 355 g/mol. The molecule has 4 heterocycles. The molecule has 0 radical (unpaired) electrons. The molecule has 3 aromatic rings. The number of hydrogen-bond donors (Lipinski definition) is 0. The van der Waals surface area contributed by atoms with Gasteiger partial charge in [-0.15, -0.1) is 5.10 Å². The molecule has 25 heavy (non-hydrogen) atoms. The van der Waals surface area contributed by atoms with Crippen LogP contribution in [-0.2, 0) is 0 Å². The highest BCUT2D eigenvalue weighted by Crippen LogP contribution is 2.24. The predicted octanol–water partition coefficient (Wildman–Crippen LogP) is 2.99. The van der Waals surface area contributed by atoms with Crippen LogP contribution < -0.4 is 4.90 Å². The summed E-state index contributed by atoms with van der Waals surface area (Å²) in [6, 6.07) is 1.93. The standard InChI is InChI=1S/C17H21N7S/c1-3-25-17-21-16-19-11-13(12(2)24(16)22-17)14-7-8-18-15(20-14)23-9-5-4-6-10-23/h7-8,11H,3-6,9-10H2,1-2H3. The molecule has 0 saturated carbocycles. The first-order valence-corrected chi connectivity index (χ1v) is 9.68. The molecule has 1 aliphatic heterocycles. The zero-order valence-corrected chi connectivity index (χ0v) is 15.3. The van der Waals surface area contributed by atoms with Crippen LogP contribution in [-0.4, -0.2) is 48.4 Å². The van der Waals surface area contributed by atoms with Crippen molar-refractivity contribution in [2.75, 3.05) is 23.7 Å². The highest BCUT2D eigenvalue weighted by Gasteiger charge is 2.16. The maximum Gasteiger partial charge on any atom is 0.253 e. The van der Waals surface area contributed by atoms with Gasteiger partial charge in [-0.3, -0.25) is 0 Å². The molecule has 0 atom stereocenters. The minimum atomic E-state index is 0.627. The second-order valence-electron chi connectivity index (χ2n) is 6.09. The largest absolute Gasteiger partial charge is 0.341 e. The Labute approximate surface area is 150 Å². The minimum Gasteiger partial charge on any atom is -0.341 e. The van der Waals surface area contributed by atoms with Crippen LogP contribution in [0.4, 0.5) is 5.95 Å². The number of piperidine rings is 1. The van der Waals surface area contributed by atoms with Crippen molar-refractivity contribution in [3.05, 3.63) is 24.2 Å². The summed E-state index contributed by atoms with van der Waals surface area (Å²) in [5.41, 5.74) is 2.83. The van der Waals surface area contributed by atoms with Gasteiger partial charge in [0.15, 0.2) is 0 Å². The van der Waals surface area contributed by atoms with E-state index >= 15 is 0 Å². The average Bonchev–Trinajstić information content (AvgIpc) is 3.07. The van der Waals surface area contributed by atoms with Crippen LogP contribution in [0.2, 0.25) is 0 Å². The van der Waals surface area contributed by atoms with Gasteiger partial charge in [0.1, 0.15) is 0 Å². The first-order chi connectivity index (χ1) is 12.3. The van der Waals surface area contributed by atoms with Crippen molar-refractivity contribution in [3.8, 4) is 11.3 Å². The summed E-state index contributed by atoms with van der Waals surface area (Å²) in [4.78, 5) is 20.4. The van der Waals surface area contributed by atoms with Gasteiger partial charge in [-0.1, -0.05) is 18.7 Å². The molecule has 0 aromatic carbocycles. The molecule has 7 nitrogen and oxygen atoms in total. The minimum absolute atomic E-state index is 0.627. The number of hydrogen-bond acceptors (Lipinski definition) is 7. The van der Waals surface area contributed by atoms with Gasteiger partial charge in [-0.25, -0.2) is 15.0 Å². The molecule has 0 aliphatic carbocycles. The number of fused-ring (bicyclic) bond motifs is 1. The van der Waals surface area contributed by atoms with E-state index in [2.05, 4.69) is 31.9 Å². The van der Waals surface area contributed by atoms with Gasteiger partial charge in [0.05, 0.1) is 11.4 Å². The Morgan fingerprint density at radius 3 is 2.76 bits per heavy atom. The van der Waals surface area contributed by atoms with E-state index in [1.54, 1.807) is 16.3 Å². The van der Waals surface area contributed by atoms with E-state index in [0.717, 1.165) is 46.9 Å². The summed E-state index contributed by atoms with van der Waals surface area (Å²) >= 11 is 1.62. The molecule has 1 aliphatic rings. The molecule has 8 heteroatoms. The van der Waals surface area contributed by atoms with E-state index in [0.29, 0.717) is 5.78 Å². The van der Waals surface area contributed by atoms with Crippen LogP contribution in [0.15, 0.2) is 23.6 Å². The van der Waals surface area contributed by atoms with Crippen LogP contribution in [0.3, 0.4) is 0 Å². The van der Waals surface area contributed by atoms with Gasteiger partial charge < -0.3 is 4.90 Å². The third-order valence-electron chi connectivity index (χ3n) is 4.42. The molecule has 0 amide bonds. The molecule has 1 fully saturated rings. The van der Waals surface area contributed by atoms with Crippen LogP contribution in [0.25, 0.3) is 17.0 Å². The highest BCUT2D eigenvalue weighted by atomic mass is 32.2. The third-order valence-corrected chi connectivity index (χ3v) is 5.14. The Kier molecular flexibility index (Phi) is 4.52. The Morgan fingerprint density at radius 1 is 1.12 bits per heavy atom. The first kappa shape index (κ1) is 16.3. The van der Waals surface area contributed by atoms with E-state index in [-0.39, 0.29) is 0 Å². The number of aromatic nitrogens is 6. The maximum atomic E-state index is 4.79. The van der Waals surface area contributed by atoms with Gasteiger partial charge in [0, 0.05) is 31.0 Å². The SMILES string of the molecule is CCSc1nc2ncc(-c3ccnc(N4CCCCC4)n3)c(C)n2n1. The summed E-state index contributed by atoms with van der Waals surface area (Å²) in [6.07, 6.45) is 7.37. The maximum absolute atomic E-state index is 4.79. The zero-order valence-electron chi connectivity index (χ0n) is 14.5. The van der Waals surface area contributed by atoms with Gasteiger partial charge in [0.25, 0.3) is 5.78 Å². The van der Waals surface area contributed by atoms with Gasteiger partial charge >= 0.3 is 0 Å². The summed E-state index contributed by atoms with van der Waals surface area (Å²) in [7, 11) is 0. The number of aryl methyl sites for hydroxylation is 1. The van der Waals surface area contributed by atoms with Crippen molar-refractivity contribution in [2.45, 2.75) is 38.3 Å². The molecular formula is C17H21N7S. The van der Waals surface area contributed by atoms with Crippen molar-refractivity contribution in [1.82, 2.24) is 29.5 Å². The lowest BCUT2D eigenvalue weighted by molar-refractivity contribution is 0.568. The van der Waals surface area contributed by atoms with E-state index in [1.807, 2.05) is 25.4 Å². The number of anilines is 1. The second kappa shape index (κ2) is 6.95. The molecule has 0 unspecified atom stereocenters. The summed E-state index contributed by atoms with van der Waals surface area (Å²) in [5, 5.41) is 5.31. The van der Waals surface area contributed by atoms with Gasteiger partial charge in [-0.2, -0.15) is 9.50 Å². The normalized spacial score (nSPS) is 15.0. The molecular weight excluding hydrogens is 334 g/mol. The van der Waals surface area contributed by atoms with E-state index in [9.17, 15) is 0 Å². The fraction of sp³-hybridized carbons (Fsp3) is 0.471. The summed E-state index contributed by atoms with van der Waals surface area (Å²) in [6.45, 7) is 6.17. The lowest BCUT2D eigenvalue weighted by Gasteiger charge is -2.26. The second-order valence-corrected chi connectivity index (χ2v) is 7.32. The zero-order chi connectivity index (χ0) is 17.2. The number of rotatable bonds is 4. The fourth-order valence-corrected chi connectivity index (χ4v) is 3.65. The molecule has 4 rings (SSSR count). The van der Waals surface area contributed by atoms with Crippen LogP contribution >= 0.6 is 11.8 Å². The van der Waals surface area contributed by atoms with E-state index in [4.69, 9.17) is 4.98 Å². The van der Waals surface area contributed by atoms with Crippen molar-refractivity contribution in [3.63, 3.8) is 0 Å². The topological polar surface area (TPSA) is 72.1 Å². The van der Waals surface area contributed by atoms with E-state index < -0.39 is 0 Å². The Balaban J connectivity index is 1.72. The number of nitrogens with zero attached hydrogens (tertiary/aromatic N) is 7.